The Bertz CT molecular complexity index is 1060. The minimum absolute atomic E-state index is 0.0117. The minimum atomic E-state index is -0.384. The zero-order valence-corrected chi connectivity index (χ0v) is 16.3. The van der Waals surface area contributed by atoms with Gasteiger partial charge in [0.2, 0.25) is 0 Å². The van der Waals surface area contributed by atoms with Crippen molar-refractivity contribution < 1.29 is 19.7 Å². The summed E-state index contributed by atoms with van der Waals surface area (Å²) in [6.45, 7) is 5.30. The van der Waals surface area contributed by atoms with E-state index >= 15 is 0 Å². The molecule has 1 aliphatic rings. The topological polar surface area (TPSA) is 110 Å². The van der Waals surface area contributed by atoms with Gasteiger partial charge in [-0.2, -0.15) is 5.10 Å². The Balaban J connectivity index is 1.66. The highest BCUT2D eigenvalue weighted by atomic mass is 16.7. The molecule has 0 radical (unpaired) electrons. The summed E-state index contributed by atoms with van der Waals surface area (Å²) in [5, 5.41) is 27.0. The van der Waals surface area contributed by atoms with E-state index in [-0.39, 0.29) is 35.9 Å². The Morgan fingerprint density at radius 3 is 2.48 bits per heavy atom. The molecule has 0 atom stereocenters. The van der Waals surface area contributed by atoms with Crippen LogP contribution in [0.1, 0.15) is 42.7 Å². The summed E-state index contributed by atoms with van der Waals surface area (Å²) in [5.41, 5.74) is 2.47. The molecule has 3 N–H and O–H groups in total. The third kappa shape index (κ3) is 3.76. The molecule has 29 heavy (non-hydrogen) atoms. The van der Waals surface area contributed by atoms with Crippen LogP contribution in [0.3, 0.4) is 0 Å². The van der Waals surface area contributed by atoms with Crippen molar-refractivity contribution in [1.82, 2.24) is 14.8 Å². The fraction of sp³-hybridized carbons (Fsp3) is 0.333. The number of rotatable bonds is 5. The van der Waals surface area contributed by atoms with Crippen LogP contribution in [-0.4, -0.2) is 38.2 Å². The van der Waals surface area contributed by atoms with Crippen LogP contribution >= 0.6 is 0 Å². The quantitative estimate of drug-likeness (QED) is 0.611. The van der Waals surface area contributed by atoms with Crippen molar-refractivity contribution in [3.05, 3.63) is 63.6 Å². The van der Waals surface area contributed by atoms with Crippen molar-refractivity contribution >= 4 is 0 Å². The molecule has 1 saturated heterocycles. The molecule has 1 aromatic heterocycles. The summed E-state index contributed by atoms with van der Waals surface area (Å²) in [4.78, 5) is 12.4. The predicted octanol–water partition coefficient (Wildman–Crippen LogP) is 2.87. The molecule has 8 heteroatoms. The van der Waals surface area contributed by atoms with E-state index in [0.717, 1.165) is 11.1 Å². The van der Waals surface area contributed by atoms with Gasteiger partial charge in [-0.25, -0.2) is 9.89 Å². The standard InChI is InChI=1S/C21H23N3O5/c1-12(2)15-9-16(18(26)10-17(15)25)19-22-23-21(27)24(19)11-13-3-5-14(6-4-13)20-28-7-8-29-20/h3-6,9-10,12,20,25-26H,7-8,11H2,1-2H3,(H,23,27). The van der Waals surface area contributed by atoms with Gasteiger partial charge in [0, 0.05) is 11.6 Å². The molecular formula is C21H23N3O5. The Morgan fingerprint density at radius 2 is 1.83 bits per heavy atom. The molecule has 0 unspecified atom stereocenters. The summed E-state index contributed by atoms with van der Waals surface area (Å²) in [6.07, 6.45) is -0.348. The average Bonchev–Trinajstić information content (AvgIpc) is 3.34. The first-order valence-electron chi connectivity index (χ1n) is 9.47. The van der Waals surface area contributed by atoms with Crippen molar-refractivity contribution in [3.63, 3.8) is 0 Å². The van der Waals surface area contributed by atoms with Gasteiger partial charge >= 0.3 is 5.69 Å². The van der Waals surface area contributed by atoms with Crippen molar-refractivity contribution in [1.29, 1.82) is 0 Å². The van der Waals surface area contributed by atoms with Gasteiger partial charge in [-0.3, -0.25) is 4.57 Å². The Morgan fingerprint density at radius 1 is 1.14 bits per heavy atom. The van der Waals surface area contributed by atoms with E-state index in [0.29, 0.717) is 30.2 Å². The molecule has 0 amide bonds. The number of hydrogen-bond acceptors (Lipinski definition) is 6. The largest absolute Gasteiger partial charge is 0.508 e. The van der Waals surface area contributed by atoms with Crippen molar-refractivity contribution in [2.24, 2.45) is 0 Å². The van der Waals surface area contributed by atoms with Gasteiger partial charge in [-0.1, -0.05) is 38.1 Å². The van der Waals surface area contributed by atoms with Crippen molar-refractivity contribution in [3.8, 4) is 22.9 Å². The molecule has 2 heterocycles. The summed E-state index contributed by atoms with van der Waals surface area (Å²) in [5.74, 6) is 0.220. The molecule has 0 bridgehead atoms. The zero-order chi connectivity index (χ0) is 20.5. The lowest BCUT2D eigenvalue weighted by atomic mass is 9.98. The number of H-pyrrole nitrogens is 1. The second-order valence-electron chi connectivity index (χ2n) is 7.34. The number of phenols is 2. The van der Waals surface area contributed by atoms with Crippen LogP contribution in [0.2, 0.25) is 0 Å². The van der Waals surface area contributed by atoms with E-state index < -0.39 is 0 Å². The number of aromatic hydroxyl groups is 2. The van der Waals surface area contributed by atoms with E-state index in [1.807, 2.05) is 38.1 Å². The van der Waals surface area contributed by atoms with E-state index in [1.54, 1.807) is 6.07 Å². The normalized spacial score (nSPS) is 14.7. The van der Waals surface area contributed by atoms with Gasteiger partial charge in [0.05, 0.1) is 25.3 Å². The number of nitrogens with zero attached hydrogens (tertiary/aromatic N) is 2. The maximum Gasteiger partial charge on any atom is 0.343 e. The molecule has 3 aromatic rings. The molecule has 1 aliphatic heterocycles. The number of aromatic nitrogens is 3. The number of nitrogens with one attached hydrogen (secondary N) is 1. The van der Waals surface area contributed by atoms with Gasteiger partial charge < -0.3 is 19.7 Å². The summed E-state index contributed by atoms with van der Waals surface area (Å²) >= 11 is 0. The van der Waals surface area contributed by atoms with Crippen LogP contribution in [0.15, 0.2) is 41.2 Å². The van der Waals surface area contributed by atoms with Gasteiger partial charge in [0.25, 0.3) is 0 Å². The molecule has 2 aromatic carbocycles. The molecule has 8 nitrogen and oxygen atoms in total. The fourth-order valence-electron chi connectivity index (χ4n) is 3.42. The molecule has 0 saturated carbocycles. The lowest BCUT2D eigenvalue weighted by molar-refractivity contribution is -0.0441. The lowest BCUT2D eigenvalue weighted by Gasteiger charge is -2.13. The molecule has 152 valence electrons. The van der Waals surface area contributed by atoms with Gasteiger partial charge in [-0.15, -0.1) is 0 Å². The highest BCUT2D eigenvalue weighted by Crippen LogP contribution is 2.36. The number of phenolic OH excluding ortho intramolecular Hbond substituents is 2. The number of hydrogen-bond donors (Lipinski definition) is 3. The third-order valence-corrected chi connectivity index (χ3v) is 4.98. The van der Waals surface area contributed by atoms with E-state index in [4.69, 9.17) is 9.47 Å². The lowest BCUT2D eigenvalue weighted by Crippen LogP contribution is -2.18. The summed E-state index contributed by atoms with van der Waals surface area (Å²) in [6, 6.07) is 10.6. The molecule has 0 spiro atoms. The molecule has 1 fully saturated rings. The highest BCUT2D eigenvalue weighted by Gasteiger charge is 2.20. The van der Waals surface area contributed by atoms with E-state index in [2.05, 4.69) is 10.2 Å². The van der Waals surface area contributed by atoms with Crippen LogP contribution in [0.5, 0.6) is 11.5 Å². The molecule has 0 aliphatic carbocycles. The maximum atomic E-state index is 12.4. The van der Waals surface area contributed by atoms with Crippen LogP contribution in [0.25, 0.3) is 11.4 Å². The minimum Gasteiger partial charge on any atom is -0.508 e. The first kappa shape index (κ1) is 19.2. The summed E-state index contributed by atoms with van der Waals surface area (Å²) < 4.78 is 12.4. The molecular weight excluding hydrogens is 374 g/mol. The van der Waals surface area contributed by atoms with E-state index in [1.165, 1.54) is 10.6 Å². The Kier molecular flexibility index (Phi) is 5.12. The number of ether oxygens (including phenoxy) is 2. The Labute approximate surface area is 167 Å². The first-order chi connectivity index (χ1) is 13.9. The van der Waals surface area contributed by atoms with Crippen LogP contribution in [-0.2, 0) is 16.0 Å². The van der Waals surface area contributed by atoms with Crippen LogP contribution in [0.4, 0.5) is 0 Å². The third-order valence-electron chi connectivity index (χ3n) is 4.98. The van der Waals surface area contributed by atoms with Gasteiger partial charge in [0.1, 0.15) is 11.5 Å². The second kappa shape index (κ2) is 7.73. The maximum absolute atomic E-state index is 12.4. The summed E-state index contributed by atoms with van der Waals surface area (Å²) in [7, 11) is 0. The van der Waals surface area contributed by atoms with Crippen molar-refractivity contribution in [2.75, 3.05) is 13.2 Å². The van der Waals surface area contributed by atoms with E-state index in [9.17, 15) is 15.0 Å². The second-order valence-corrected chi connectivity index (χ2v) is 7.34. The SMILES string of the molecule is CC(C)c1cc(-c2n[nH]c(=O)n2Cc2ccc(C3OCCO3)cc2)c(O)cc1O. The Hall–Kier alpha value is -3.10. The zero-order valence-electron chi connectivity index (χ0n) is 16.3. The van der Waals surface area contributed by atoms with Gasteiger partial charge in [-0.05, 0) is 23.1 Å². The van der Waals surface area contributed by atoms with Crippen LogP contribution in [0, 0.1) is 0 Å². The number of benzene rings is 2. The smallest absolute Gasteiger partial charge is 0.343 e. The predicted molar refractivity (Wildman–Crippen MR) is 106 cm³/mol. The average molecular weight is 397 g/mol. The highest BCUT2D eigenvalue weighted by molar-refractivity contribution is 5.67. The number of aromatic amines is 1. The molecule has 4 rings (SSSR count). The van der Waals surface area contributed by atoms with Crippen molar-refractivity contribution in [2.45, 2.75) is 32.6 Å². The van der Waals surface area contributed by atoms with Crippen LogP contribution < -0.4 is 5.69 Å². The first-order valence-corrected chi connectivity index (χ1v) is 9.47. The monoisotopic (exact) mass is 397 g/mol. The van der Waals surface area contributed by atoms with Gasteiger partial charge in [0.15, 0.2) is 12.1 Å². The fourth-order valence-corrected chi connectivity index (χ4v) is 3.42.